The standard InChI is InChI=1S/C12H13NO4S.C2HF3O2/c1-8(2)18(16,17)13-7-10(12(14)15)9-5-3-4-6-11(9)13;3-2(4,5)1(6)7/h3-8H,1-2H3,(H,14,15);(H,6,7). The Morgan fingerprint density at radius 3 is 2.00 bits per heavy atom. The van der Waals surface area contributed by atoms with Gasteiger partial charge < -0.3 is 10.2 Å². The molecule has 0 unspecified atom stereocenters. The molecule has 138 valence electrons. The molecule has 2 N–H and O–H groups in total. The molecule has 0 spiro atoms. The molecule has 1 heterocycles. The van der Waals surface area contributed by atoms with Crippen LogP contribution >= 0.6 is 0 Å². The van der Waals surface area contributed by atoms with Gasteiger partial charge in [-0.1, -0.05) is 18.2 Å². The van der Waals surface area contributed by atoms with Crippen LogP contribution in [-0.4, -0.2) is 46.0 Å². The molecule has 1 aromatic carbocycles. The number of carboxylic acids is 2. The Morgan fingerprint density at radius 2 is 1.60 bits per heavy atom. The summed E-state index contributed by atoms with van der Waals surface area (Å²) >= 11 is 0. The number of carboxylic acid groups (broad SMARTS) is 2. The quantitative estimate of drug-likeness (QED) is 0.845. The van der Waals surface area contributed by atoms with Gasteiger partial charge in [0.15, 0.2) is 0 Å². The number of hydrogen-bond donors (Lipinski definition) is 2. The van der Waals surface area contributed by atoms with Gasteiger partial charge in [-0.3, -0.25) is 0 Å². The number of fused-ring (bicyclic) bond motifs is 1. The summed E-state index contributed by atoms with van der Waals surface area (Å²) < 4.78 is 57.1. The van der Waals surface area contributed by atoms with Crippen LogP contribution in [0.3, 0.4) is 0 Å². The zero-order valence-electron chi connectivity index (χ0n) is 13.0. The molecule has 0 aliphatic rings. The summed E-state index contributed by atoms with van der Waals surface area (Å²) in [5, 5.41) is 16.0. The first-order valence-electron chi connectivity index (χ1n) is 6.68. The SMILES string of the molecule is CC(C)S(=O)(=O)n1cc(C(=O)O)c2ccccc21.O=C(O)C(F)(F)F. The number of nitrogens with zero attached hydrogens (tertiary/aromatic N) is 1. The van der Waals surface area contributed by atoms with Crippen molar-refractivity contribution in [1.29, 1.82) is 0 Å². The van der Waals surface area contributed by atoms with Crippen molar-refractivity contribution >= 4 is 32.9 Å². The first kappa shape index (κ1) is 20.5. The Morgan fingerprint density at radius 1 is 1.12 bits per heavy atom. The third-order valence-corrected chi connectivity index (χ3v) is 5.06. The molecule has 1 aromatic heterocycles. The number of para-hydroxylation sites is 1. The fourth-order valence-corrected chi connectivity index (χ4v) is 2.90. The van der Waals surface area contributed by atoms with Crippen LogP contribution in [0.5, 0.6) is 0 Å². The number of halogens is 3. The Labute approximate surface area is 140 Å². The largest absolute Gasteiger partial charge is 0.490 e. The van der Waals surface area contributed by atoms with Crippen molar-refractivity contribution in [2.45, 2.75) is 25.3 Å². The smallest absolute Gasteiger partial charge is 0.478 e. The van der Waals surface area contributed by atoms with E-state index in [1.54, 1.807) is 38.1 Å². The minimum Gasteiger partial charge on any atom is -0.478 e. The lowest BCUT2D eigenvalue weighted by Crippen LogP contribution is -2.21. The average Bonchev–Trinajstić information content (AvgIpc) is 2.87. The summed E-state index contributed by atoms with van der Waals surface area (Å²) in [6, 6.07) is 6.56. The maximum atomic E-state index is 12.2. The van der Waals surface area contributed by atoms with Gasteiger partial charge in [0, 0.05) is 11.6 Å². The van der Waals surface area contributed by atoms with Crippen molar-refractivity contribution in [3.63, 3.8) is 0 Å². The number of alkyl halides is 3. The summed E-state index contributed by atoms with van der Waals surface area (Å²) in [6.07, 6.45) is -3.91. The summed E-state index contributed by atoms with van der Waals surface area (Å²) in [5.41, 5.74) is 0.387. The van der Waals surface area contributed by atoms with Crippen LogP contribution in [0.25, 0.3) is 10.9 Å². The normalized spacial score (nSPS) is 11.9. The molecule has 2 rings (SSSR count). The lowest BCUT2D eigenvalue weighted by Gasteiger charge is -2.09. The van der Waals surface area contributed by atoms with Crippen LogP contribution in [0, 0.1) is 0 Å². The number of aromatic nitrogens is 1. The fraction of sp³-hybridized carbons (Fsp3) is 0.286. The van der Waals surface area contributed by atoms with Gasteiger partial charge in [0.1, 0.15) is 0 Å². The summed E-state index contributed by atoms with van der Waals surface area (Å²) in [7, 11) is -3.56. The minimum absolute atomic E-state index is 0.00479. The predicted molar refractivity (Wildman–Crippen MR) is 82.0 cm³/mol. The van der Waals surface area contributed by atoms with Crippen molar-refractivity contribution in [3.8, 4) is 0 Å². The zero-order chi connectivity index (χ0) is 19.6. The molecule has 0 radical (unpaired) electrons. The highest BCUT2D eigenvalue weighted by molar-refractivity contribution is 7.90. The second kappa shape index (κ2) is 7.13. The number of hydrogen-bond acceptors (Lipinski definition) is 4. The number of benzene rings is 1. The van der Waals surface area contributed by atoms with E-state index in [1.807, 2.05) is 0 Å². The van der Waals surface area contributed by atoms with Crippen LogP contribution in [0.2, 0.25) is 0 Å². The molecule has 25 heavy (non-hydrogen) atoms. The Kier molecular flexibility index (Phi) is 5.84. The van der Waals surface area contributed by atoms with Gasteiger partial charge in [-0.05, 0) is 19.9 Å². The van der Waals surface area contributed by atoms with Gasteiger partial charge in [0.2, 0.25) is 10.0 Å². The molecule has 0 saturated carbocycles. The first-order valence-corrected chi connectivity index (χ1v) is 8.18. The van der Waals surface area contributed by atoms with E-state index < -0.39 is 33.4 Å². The fourth-order valence-electron chi connectivity index (χ4n) is 1.76. The number of carbonyl (C=O) groups is 2. The van der Waals surface area contributed by atoms with Crippen LogP contribution in [0.15, 0.2) is 30.5 Å². The lowest BCUT2D eigenvalue weighted by molar-refractivity contribution is -0.192. The van der Waals surface area contributed by atoms with E-state index in [1.165, 1.54) is 6.20 Å². The summed E-state index contributed by atoms with van der Waals surface area (Å²) in [4.78, 5) is 20.0. The maximum absolute atomic E-state index is 12.2. The van der Waals surface area contributed by atoms with Gasteiger partial charge >= 0.3 is 18.1 Å². The van der Waals surface area contributed by atoms with Crippen LogP contribution in [0.1, 0.15) is 24.2 Å². The van der Waals surface area contributed by atoms with Crippen molar-refractivity contribution in [2.24, 2.45) is 0 Å². The molecular weight excluding hydrogens is 367 g/mol. The van der Waals surface area contributed by atoms with Gasteiger partial charge in [-0.25, -0.2) is 22.0 Å². The van der Waals surface area contributed by atoms with Crippen LogP contribution in [-0.2, 0) is 14.8 Å². The van der Waals surface area contributed by atoms with Gasteiger partial charge in [0.05, 0.1) is 16.3 Å². The minimum atomic E-state index is -5.08. The number of aliphatic carboxylic acids is 1. The van der Waals surface area contributed by atoms with Crippen molar-refractivity contribution in [3.05, 3.63) is 36.0 Å². The molecule has 11 heteroatoms. The Bertz CT molecular complexity index is 899. The first-order chi connectivity index (χ1) is 11.3. The van der Waals surface area contributed by atoms with Crippen LogP contribution in [0.4, 0.5) is 13.2 Å². The van der Waals surface area contributed by atoms with E-state index >= 15 is 0 Å². The van der Waals surface area contributed by atoms with E-state index in [0.29, 0.717) is 10.9 Å². The number of rotatable bonds is 3. The van der Waals surface area contributed by atoms with E-state index in [2.05, 4.69) is 0 Å². The Hall–Kier alpha value is -2.56. The topological polar surface area (TPSA) is 114 Å². The molecule has 7 nitrogen and oxygen atoms in total. The summed E-state index contributed by atoms with van der Waals surface area (Å²) in [5.74, 6) is -3.89. The summed E-state index contributed by atoms with van der Waals surface area (Å²) in [6.45, 7) is 3.12. The molecule has 0 bridgehead atoms. The van der Waals surface area contributed by atoms with E-state index in [9.17, 15) is 26.4 Å². The molecule has 0 saturated heterocycles. The highest BCUT2D eigenvalue weighted by Crippen LogP contribution is 2.24. The second-order valence-corrected chi connectivity index (χ2v) is 7.42. The van der Waals surface area contributed by atoms with E-state index in [0.717, 1.165) is 3.97 Å². The molecule has 0 fully saturated rings. The van der Waals surface area contributed by atoms with Crippen molar-refractivity contribution in [2.75, 3.05) is 0 Å². The molecular formula is C14H14F3NO6S. The third kappa shape index (κ3) is 4.50. The highest BCUT2D eigenvalue weighted by atomic mass is 32.2. The van der Waals surface area contributed by atoms with Crippen LogP contribution < -0.4 is 0 Å². The highest BCUT2D eigenvalue weighted by Gasteiger charge is 2.38. The zero-order valence-corrected chi connectivity index (χ0v) is 13.8. The molecule has 0 aliphatic carbocycles. The maximum Gasteiger partial charge on any atom is 0.490 e. The molecule has 0 amide bonds. The third-order valence-electron chi connectivity index (χ3n) is 3.02. The monoisotopic (exact) mass is 381 g/mol. The Balaban J connectivity index is 0.000000381. The molecule has 0 aliphatic heterocycles. The molecule has 0 atom stereocenters. The van der Waals surface area contributed by atoms with Crippen molar-refractivity contribution < 1.29 is 41.4 Å². The number of aromatic carboxylic acids is 1. The van der Waals surface area contributed by atoms with Gasteiger partial charge in [-0.2, -0.15) is 13.2 Å². The van der Waals surface area contributed by atoms with E-state index in [-0.39, 0.29) is 5.56 Å². The molecule has 2 aromatic rings. The van der Waals surface area contributed by atoms with Gasteiger partial charge in [-0.15, -0.1) is 0 Å². The average molecular weight is 381 g/mol. The van der Waals surface area contributed by atoms with Gasteiger partial charge in [0.25, 0.3) is 0 Å². The predicted octanol–water partition coefficient (Wildman–Crippen LogP) is 2.56. The second-order valence-electron chi connectivity index (χ2n) is 5.06. The van der Waals surface area contributed by atoms with E-state index in [4.69, 9.17) is 15.0 Å². The lowest BCUT2D eigenvalue weighted by atomic mass is 10.2. The van der Waals surface area contributed by atoms with Crippen molar-refractivity contribution in [1.82, 2.24) is 3.97 Å².